The molecular weight excluding hydrogens is 981 g/mol. The summed E-state index contributed by atoms with van der Waals surface area (Å²) < 4.78 is 38.8. The van der Waals surface area contributed by atoms with Crippen LogP contribution in [0.4, 0.5) is 25.8 Å². The molecule has 0 spiro atoms. The molecule has 0 N–H and O–H groups in total. The Kier molecular flexibility index (Phi) is 11.9. The van der Waals surface area contributed by atoms with Gasteiger partial charge in [0.05, 0.1) is 16.5 Å². The van der Waals surface area contributed by atoms with Crippen molar-refractivity contribution >= 4 is 60.5 Å². The summed E-state index contributed by atoms with van der Waals surface area (Å²) in [6.07, 6.45) is 0. The van der Waals surface area contributed by atoms with Gasteiger partial charge in [-0.05, 0) is 194 Å². The minimum Gasteiger partial charge on any atom is -0.455 e. The van der Waals surface area contributed by atoms with Crippen LogP contribution in [-0.4, -0.2) is 0 Å². The molecule has 1 aliphatic rings. The molecule has 1 atom stereocenters. The van der Waals surface area contributed by atoms with Crippen molar-refractivity contribution in [3.05, 3.63) is 290 Å². The van der Waals surface area contributed by atoms with Gasteiger partial charge in [-0.15, -0.1) is 0 Å². The second-order valence-electron chi connectivity index (χ2n) is 24.7. The molecule has 1 unspecified atom stereocenters. The fourth-order valence-corrected chi connectivity index (χ4v) is 13.5. The van der Waals surface area contributed by atoms with E-state index in [-0.39, 0.29) is 28.4 Å². The molecule has 2 nitrogen and oxygen atoms in total. The van der Waals surface area contributed by atoms with Crippen LogP contribution in [0.2, 0.25) is 0 Å². The van der Waals surface area contributed by atoms with Crippen molar-refractivity contribution in [2.45, 2.75) is 91.4 Å². The molecule has 1 heterocycles. The van der Waals surface area contributed by atoms with Gasteiger partial charge in [0, 0.05) is 28.2 Å². The van der Waals surface area contributed by atoms with Crippen LogP contribution in [0.25, 0.3) is 54.6 Å². The van der Waals surface area contributed by atoms with E-state index in [1.165, 1.54) is 38.9 Å². The first-order valence-electron chi connectivity index (χ1n) is 28.0. The zero-order valence-corrected chi connectivity index (χ0v) is 47.3. The first kappa shape index (κ1) is 50.9. The number of furan rings is 1. The number of hydrogen-bond donors (Lipinski definition) is 0. The fourth-order valence-electron chi connectivity index (χ4n) is 13.5. The van der Waals surface area contributed by atoms with Crippen LogP contribution in [0.5, 0.6) is 0 Å². The van der Waals surface area contributed by atoms with E-state index in [2.05, 4.69) is 226 Å². The van der Waals surface area contributed by atoms with Crippen molar-refractivity contribution in [2.75, 3.05) is 4.90 Å². The summed E-state index contributed by atoms with van der Waals surface area (Å²) in [7, 11) is 0. The number of aryl methyl sites for hydroxylation is 4. The number of hydrogen-bond acceptors (Lipinski definition) is 2. The van der Waals surface area contributed by atoms with Gasteiger partial charge in [0.2, 0.25) is 0 Å². The van der Waals surface area contributed by atoms with Crippen LogP contribution in [0.1, 0.15) is 120 Å². The second-order valence-corrected chi connectivity index (χ2v) is 24.7. The zero-order chi connectivity index (χ0) is 55.6. The van der Waals surface area contributed by atoms with E-state index in [1.54, 1.807) is 24.3 Å². The van der Waals surface area contributed by atoms with Gasteiger partial charge < -0.3 is 9.32 Å². The molecule has 394 valence electrons. The lowest BCUT2D eigenvalue weighted by Gasteiger charge is -2.36. The Labute approximate surface area is 469 Å². The Balaban J connectivity index is 1.20. The monoisotopic (exact) mass is 1050 g/mol. The van der Waals surface area contributed by atoms with Gasteiger partial charge in [0.15, 0.2) is 0 Å². The lowest BCUT2D eigenvalue weighted by atomic mass is 9.66. The SMILES string of the molecule is Cc1cc(C)cc(C(c2ccc(C(C)(C)C)cc2)c2ccc3c4c(c5ccccc5c3c2)-c2c(cc(N(c3ccc(C(C)(C)C)cc3)c3cc(C)cc(C)c3)c3c2oc2ccccc23)C4(c2ccc(F)cc2)c2ccc(F)cc2)c1. The molecule has 0 radical (unpaired) electrons. The number of anilines is 3. The van der Waals surface area contributed by atoms with Crippen LogP contribution in [-0.2, 0) is 16.2 Å². The van der Waals surface area contributed by atoms with Crippen LogP contribution in [0.15, 0.2) is 211 Å². The van der Waals surface area contributed by atoms with E-state index >= 15 is 8.78 Å². The number of nitrogens with zero attached hydrogens (tertiary/aromatic N) is 1. The van der Waals surface area contributed by atoms with Gasteiger partial charge in [0.25, 0.3) is 0 Å². The predicted molar refractivity (Wildman–Crippen MR) is 331 cm³/mol. The van der Waals surface area contributed by atoms with Crippen molar-refractivity contribution in [1.29, 1.82) is 0 Å². The molecule has 80 heavy (non-hydrogen) atoms. The Morgan fingerprint density at radius 3 is 1.51 bits per heavy atom. The molecule has 0 saturated carbocycles. The Bertz CT molecular complexity index is 4330. The van der Waals surface area contributed by atoms with Crippen LogP contribution >= 0.6 is 0 Å². The minimum absolute atomic E-state index is 0.000357. The molecule has 0 bridgehead atoms. The molecule has 13 rings (SSSR count). The summed E-state index contributed by atoms with van der Waals surface area (Å²) in [5, 5.41) is 6.28. The Morgan fingerprint density at radius 1 is 0.425 bits per heavy atom. The van der Waals surface area contributed by atoms with Gasteiger partial charge in [-0.25, -0.2) is 8.78 Å². The molecular formula is C76H65F2NO. The summed E-state index contributed by atoms with van der Waals surface area (Å²) in [6.45, 7) is 22.2. The maximum absolute atomic E-state index is 15.7. The lowest BCUT2D eigenvalue weighted by Crippen LogP contribution is -2.29. The van der Waals surface area contributed by atoms with Crippen molar-refractivity contribution in [2.24, 2.45) is 0 Å². The Morgan fingerprint density at radius 2 is 0.938 bits per heavy atom. The second kappa shape index (κ2) is 18.8. The third-order valence-corrected chi connectivity index (χ3v) is 17.0. The standard InChI is InChI=1S/C76H65F2NO/c1-45-37-46(2)40-51(39-45)68(49-19-22-52(23-20-49)74(5,6)7)50-21-36-62-64(43-50)60-15-11-12-16-61(60)70-71-65(76(72(62)70,54-24-30-56(77)31-25-54)55-26-32-57(78)33-27-55)44-66(69-63-17-13-14-18-67(63)80-73(69)71)79(59-41-47(3)38-48(4)42-59)58-34-28-53(29-35-58)75(8,9)10/h11-44,68H,1-10H3. The predicted octanol–water partition coefficient (Wildman–Crippen LogP) is 21.0. The number of rotatable bonds is 8. The third kappa shape index (κ3) is 8.25. The molecule has 4 heteroatoms. The average Bonchev–Trinajstić information content (AvgIpc) is 4.16. The highest BCUT2D eigenvalue weighted by molar-refractivity contribution is 6.26. The summed E-state index contributed by atoms with van der Waals surface area (Å²) >= 11 is 0. The summed E-state index contributed by atoms with van der Waals surface area (Å²) in [6, 6.07) is 72.5. The summed E-state index contributed by atoms with van der Waals surface area (Å²) in [5.41, 5.74) is 19.8. The molecule has 0 saturated heterocycles. The van der Waals surface area contributed by atoms with Crippen molar-refractivity contribution in [3.63, 3.8) is 0 Å². The number of halogens is 2. The minimum atomic E-state index is -1.14. The maximum atomic E-state index is 15.7. The van der Waals surface area contributed by atoms with E-state index in [9.17, 15) is 0 Å². The number of benzene rings is 11. The lowest BCUT2D eigenvalue weighted by molar-refractivity contribution is 0.590. The molecule has 0 aliphatic heterocycles. The quantitative estimate of drug-likeness (QED) is 0.111. The normalized spacial score (nSPS) is 13.6. The fraction of sp³-hybridized carbons (Fsp3) is 0.184. The average molecular weight is 1050 g/mol. The summed E-state index contributed by atoms with van der Waals surface area (Å²) in [4.78, 5) is 2.39. The highest BCUT2D eigenvalue weighted by atomic mass is 19.1. The highest BCUT2D eigenvalue weighted by Gasteiger charge is 2.50. The molecule has 11 aromatic carbocycles. The van der Waals surface area contributed by atoms with Crippen LogP contribution in [0.3, 0.4) is 0 Å². The van der Waals surface area contributed by atoms with E-state index < -0.39 is 5.41 Å². The van der Waals surface area contributed by atoms with Crippen molar-refractivity contribution in [3.8, 4) is 11.1 Å². The molecule has 0 fully saturated rings. The zero-order valence-electron chi connectivity index (χ0n) is 47.3. The Hall–Kier alpha value is -8.60. The van der Waals surface area contributed by atoms with Gasteiger partial charge in [-0.3, -0.25) is 0 Å². The van der Waals surface area contributed by atoms with Crippen LogP contribution < -0.4 is 4.90 Å². The first-order chi connectivity index (χ1) is 38.4. The van der Waals surface area contributed by atoms with Gasteiger partial charge in [-0.2, -0.15) is 0 Å². The smallest absolute Gasteiger partial charge is 0.145 e. The largest absolute Gasteiger partial charge is 0.455 e. The molecule has 12 aromatic rings. The van der Waals surface area contributed by atoms with Crippen molar-refractivity contribution < 1.29 is 13.2 Å². The molecule has 0 amide bonds. The van der Waals surface area contributed by atoms with E-state index in [1.807, 2.05) is 30.3 Å². The molecule has 1 aromatic heterocycles. The van der Waals surface area contributed by atoms with E-state index in [0.717, 1.165) is 105 Å². The molecule has 1 aliphatic carbocycles. The van der Waals surface area contributed by atoms with Gasteiger partial charge in [0.1, 0.15) is 22.8 Å². The number of fused-ring (bicyclic) bond motifs is 12. The highest BCUT2D eigenvalue weighted by Crippen LogP contribution is 2.64. The topological polar surface area (TPSA) is 16.4 Å². The summed E-state index contributed by atoms with van der Waals surface area (Å²) in [5.74, 6) is -0.757. The number of para-hydroxylation sites is 1. The van der Waals surface area contributed by atoms with Gasteiger partial charge >= 0.3 is 0 Å². The van der Waals surface area contributed by atoms with Gasteiger partial charge in [-0.1, -0.05) is 192 Å². The van der Waals surface area contributed by atoms with E-state index in [0.29, 0.717) is 0 Å². The third-order valence-electron chi connectivity index (χ3n) is 17.0. The maximum Gasteiger partial charge on any atom is 0.145 e. The van der Waals surface area contributed by atoms with E-state index in [4.69, 9.17) is 4.42 Å². The van der Waals surface area contributed by atoms with Crippen LogP contribution in [0, 0.1) is 39.3 Å². The van der Waals surface area contributed by atoms with Crippen molar-refractivity contribution in [1.82, 2.24) is 0 Å². The first-order valence-corrected chi connectivity index (χ1v) is 28.0.